The third-order valence-corrected chi connectivity index (χ3v) is 19.2. The van der Waals surface area contributed by atoms with E-state index in [2.05, 4.69) is 146 Å². The van der Waals surface area contributed by atoms with Crippen molar-refractivity contribution in [3.05, 3.63) is 267 Å². The van der Waals surface area contributed by atoms with Crippen LogP contribution in [0.4, 0.5) is 0 Å². The van der Waals surface area contributed by atoms with E-state index in [1.807, 2.05) is 122 Å². The molecule has 8 bridgehead atoms. The molecule has 0 atom stereocenters. The van der Waals surface area contributed by atoms with Gasteiger partial charge in [0, 0.05) is 44.5 Å². The van der Waals surface area contributed by atoms with Crippen molar-refractivity contribution in [3.8, 4) is 90.1 Å². The van der Waals surface area contributed by atoms with E-state index < -0.39 is 0 Å². The molecule has 21 rings (SSSR count). The fourth-order valence-corrected chi connectivity index (χ4v) is 14.7. The quantitative estimate of drug-likeness (QED) is 0.154. The molecule has 3 aliphatic rings. The number of nitrogens with zero attached hydrogens (tertiary/aromatic N) is 12. The first-order chi connectivity index (χ1) is 47.5. The zero-order chi connectivity index (χ0) is 62.7. The maximum atomic E-state index is 6.17. The van der Waals surface area contributed by atoms with E-state index in [0.29, 0.717) is 89.9 Å². The molecule has 8 heterocycles. The first-order valence-corrected chi connectivity index (χ1v) is 31.9. The fourth-order valence-electron chi connectivity index (χ4n) is 14.7. The van der Waals surface area contributed by atoms with Gasteiger partial charge in [-0.25, -0.2) is 29.9 Å². The molecule has 0 radical (unpaired) electrons. The summed E-state index contributed by atoms with van der Waals surface area (Å²) in [6, 6.07) is 84.0. The van der Waals surface area contributed by atoms with Gasteiger partial charge in [0.15, 0.2) is 0 Å². The van der Waals surface area contributed by atoms with Crippen LogP contribution in [-0.2, 0) is 20.4 Å². The minimum atomic E-state index is 0. The van der Waals surface area contributed by atoms with E-state index in [4.69, 9.17) is 59.8 Å². The van der Waals surface area contributed by atoms with Crippen LogP contribution in [-0.4, -0.2) is 49.8 Å². The molecular formula is C84H44N12Pd. The molecule has 0 fully saturated rings. The Labute approximate surface area is 564 Å². The normalized spacial score (nSPS) is 12.0. The number of hydrogen-bond acceptors (Lipinski definition) is 10. The van der Waals surface area contributed by atoms with Crippen molar-refractivity contribution in [2.45, 2.75) is 0 Å². The number of aromatic nitrogens is 12. The van der Waals surface area contributed by atoms with Gasteiger partial charge in [-0.1, -0.05) is 146 Å². The van der Waals surface area contributed by atoms with Gasteiger partial charge in [-0.3, -0.25) is 19.9 Å². The van der Waals surface area contributed by atoms with E-state index >= 15 is 0 Å². The maximum Gasteiger partial charge on any atom is 2.00 e. The summed E-state index contributed by atoms with van der Waals surface area (Å²) in [5.41, 5.74) is 19.6. The Kier molecular flexibility index (Phi) is 12.0. The monoisotopic (exact) mass is 1330 g/mol. The molecule has 0 saturated carbocycles. The van der Waals surface area contributed by atoms with E-state index in [1.165, 1.54) is 0 Å². The van der Waals surface area contributed by atoms with Crippen LogP contribution in [0.2, 0.25) is 0 Å². The smallest absolute Gasteiger partial charge is 0.656 e. The van der Waals surface area contributed by atoms with Crippen molar-refractivity contribution in [1.29, 1.82) is 0 Å². The summed E-state index contributed by atoms with van der Waals surface area (Å²) in [5.74, 6) is 0. The van der Waals surface area contributed by atoms with Crippen molar-refractivity contribution in [2.24, 2.45) is 0 Å². The van der Waals surface area contributed by atoms with Gasteiger partial charge >= 0.3 is 20.4 Å². The molecule has 13 heteroatoms. The maximum absolute atomic E-state index is 6.17. The van der Waals surface area contributed by atoms with Crippen molar-refractivity contribution < 1.29 is 20.4 Å². The van der Waals surface area contributed by atoms with Crippen LogP contribution in [0.3, 0.4) is 0 Å². The Morgan fingerprint density at radius 2 is 0.402 bits per heavy atom. The van der Waals surface area contributed by atoms with Crippen molar-refractivity contribution in [2.75, 3.05) is 0 Å². The molecule has 12 aromatic carbocycles. The molecule has 0 saturated heterocycles. The average molecular weight is 1330 g/mol. The number of hydrogen-bond donors (Lipinski definition) is 0. The molecule has 2 aliphatic heterocycles. The van der Waals surface area contributed by atoms with Crippen LogP contribution in [0.1, 0.15) is 0 Å². The van der Waals surface area contributed by atoms with Crippen LogP contribution in [0.25, 0.3) is 221 Å². The van der Waals surface area contributed by atoms with E-state index in [-0.39, 0.29) is 20.4 Å². The van der Waals surface area contributed by atoms with E-state index in [9.17, 15) is 0 Å². The van der Waals surface area contributed by atoms with Crippen LogP contribution in [0.15, 0.2) is 267 Å². The third kappa shape index (κ3) is 8.46. The van der Waals surface area contributed by atoms with Gasteiger partial charge in [-0.15, -0.1) is 22.1 Å². The van der Waals surface area contributed by atoms with Gasteiger partial charge in [-0.05, 0) is 162 Å². The van der Waals surface area contributed by atoms with Gasteiger partial charge in [0.2, 0.25) is 0 Å². The fraction of sp³-hybridized carbons (Fsp3) is 0. The van der Waals surface area contributed by atoms with Gasteiger partial charge in [0.1, 0.15) is 0 Å². The minimum Gasteiger partial charge on any atom is -0.656 e. The first kappa shape index (κ1) is 54.9. The minimum absolute atomic E-state index is 0. The summed E-state index contributed by atoms with van der Waals surface area (Å²) in [5, 5.41) is 11.7. The van der Waals surface area contributed by atoms with Crippen molar-refractivity contribution in [1.82, 2.24) is 59.8 Å². The summed E-state index contributed by atoms with van der Waals surface area (Å²) in [6.45, 7) is 0. The van der Waals surface area contributed by atoms with Crippen LogP contribution in [0, 0.1) is 0 Å². The molecule has 0 N–H and O–H groups in total. The molecule has 0 spiro atoms. The topological polar surface area (TPSA) is 157 Å². The number of benzene rings is 12. The average Bonchev–Trinajstić information content (AvgIpc) is 1.56. The number of rotatable bonds is 4. The second kappa shape index (κ2) is 21.2. The molecule has 18 aromatic rings. The molecule has 6 aromatic heterocycles. The van der Waals surface area contributed by atoms with Crippen LogP contribution in [0.5, 0.6) is 0 Å². The Morgan fingerprint density at radius 3 is 0.629 bits per heavy atom. The molecule has 450 valence electrons. The Hall–Kier alpha value is -12.7. The van der Waals surface area contributed by atoms with Gasteiger partial charge < -0.3 is 9.97 Å². The number of para-hydroxylation sites is 8. The van der Waals surface area contributed by atoms with E-state index in [0.717, 1.165) is 131 Å². The summed E-state index contributed by atoms with van der Waals surface area (Å²) in [7, 11) is 0. The number of fused-ring (bicyclic) bond motifs is 8. The zero-order valence-corrected chi connectivity index (χ0v) is 52.6. The predicted octanol–water partition coefficient (Wildman–Crippen LogP) is 19.6. The third-order valence-electron chi connectivity index (χ3n) is 19.2. The summed E-state index contributed by atoms with van der Waals surface area (Å²) >= 11 is 0. The van der Waals surface area contributed by atoms with Gasteiger partial charge in [0.05, 0.1) is 114 Å². The second-order valence-electron chi connectivity index (χ2n) is 24.7. The molecular weight excluding hydrogens is 1280 g/mol. The summed E-state index contributed by atoms with van der Waals surface area (Å²) < 4.78 is 0. The predicted molar refractivity (Wildman–Crippen MR) is 387 cm³/mol. The first-order valence-electron chi connectivity index (χ1n) is 31.9. The Morgan fingerprint density at radius 1 is 0.206 bits per heavy atom. The SMILES string of the molecule is [Pd+2].c1ccc2cc3c(cc2c1)-c1nc-3c(-c2cnc3ccccc3n2)c2[n-]c(c(-c3cnc4ccccc4n3)c3nc(c(-c4cnc5ccccc5n4)c4[n-]c(c1-c1cnc5ccccc5n1)c1cc5ccccc5cc41)-c1cc4ccccc4cc1-3)c1cc3ccccc3cc21. The Balaban J connectivity index is 0.00000641. The zero-order valence-electron chi connectivity index (χ0n) is 51.1. The summed E-state index contributed by atoms with van der Waals surface area (Å²) in [4.78, 5) is 67.9. The molecule has 97 heavy (non-hydrogen) atoms. The Bertz CT molecular complexity index is 6070. The van der Waals surface area contributed by atoms with E-state index in [1.54, 1.807) is 0 Å². The van der Waals surface area contributed by atoms with Crippen molar-refractivity contribution >= 4 is 131 Å². The van der Waals surface area contributed by atoms with Crippen LogP contribution < -0.4 is 9.97 Å². The standard InChI is InChI=1S/C84H44N12.Pd/c1-2-18-46-34-54-53(33-45(46)17-1)77-73(69-41-85-61-25-9-13-29-65(61)89-69)79-55-35-47-19-3-4-20-48(47)36-56(55)81(94-79)75(71-43-87-63-27-11-15-31-67(63)91-71)83-59-39-51-23-7-8-24-52(51)40-60(59)84(96-83)76(72-44-88-64-28-12-16-32-68(64)92-72)82-58-38-50-22-6-5-21-49(50)37-57(58)80(95-82)74(78(54)93-77)70-42-86-62-26-10-14-30-66(62)90-70;/h1-44H;/q-2;+2. The molecule has 0 unspecified atom stereocenters. The van der Waals surface area contributed by atoms with Gasteiger partial charge in [0.25, 0.3) is 0 Å². The van der Waals surface area contributed by atoms with Crippen molar-refractivity contribution in [3.63, 3.8) is 0 Å². The second-order valence-corrected chi connectivity index (χ2v) is 24.7. The van der Waals surface area contributed by atoms with Gasteiger partial charge in [-0.2, -0.15) is 0 Å². The largest absolute Gasteiger partial charge is 2.00 e. The molecule has 12 nitrogen and oxygen atoms in total. The van der Waals surface area contributed by atoms with Crippen LogP contribution >= 0.6 is 0 Å². The summed E-state index contributed by atoms with van der Waals surface area (Å²) in [6.07, 6.45) is 7.49. The molecule has 0 amide bonds. The molecule has 1 aliphatic carbocycles.